The minimum atomic E-state index is -0.0393. The summed E-state index contributed by atoms with van der Waals surface area (Å²) in [4.78, 5) is 17.1. The van der Waals surface area contributed by atoms with Crippen molar-refractivity contribution in [3.05, 3.63) is 90.5 Å². The van der Waals surface area contributed by atoms with Crippen LogP contribution in [0, 0.1) is 0 Å². The normalized spacial score (nSPS) is 14.3. The monoisotopic (exact) mass is 469 g/mol. The third kappa shape index (κ3) is 7.20. The zero-order valence-electron chi connectivity index (χ0n) is 20.5. The molecule has 1 fully saturated rings. The van der Waals surface area contributed by atoms with Crippen LogP contribution in [-0.2, 0) is 4.79 Å². The number of para-hydroxylation sites is 2. The summed E-state index contributed by atoms with van der Waals surface area (Å²) in [5.74, 6) is 0.900. The Labute approximate surface area is 209 Å². The summed E-state index contributed by atoms with van der Waals surface area (Å²) in [5.41, 5.74) is 4.57. The van der Waals surface area contributed by atoms with E-state index in [1.807, 2.05) is 48.5 Å². The van der Waals surface area contributed by atoms with Gasteiger partial charge in [-0.3, -0.25) is 9.69 Å². The summed E-state index contributed by atoms with van der Waals surface area (Å²) in [6, 6.07) is 26.8. The van der Waals surface area contributed by atoms with Crippen molar-refractivity contribution >= 4 is 17.7 Å². The fourth-order valence-electron chi connectivity index (χ4n) is 4.42. The Bertz CT molecular complexity index is 1090. The van der Waals surface area contributed by atoms with Crippen LogP contribution in [0.1, 0.15) is 18.4 Å². The molecule has 0 atom stereocenters. The van der Waals surface area contributed by atoms with Gasteiger partial charge < -0.3 is 15.0 Å². The van der Waals surface area contributed by atoms with Crippen LogP contribution in [0.3, 0.4) is 0 Å². The number of nitrogens with zero attached hydrogens (tertiary/aromatic N) is 2. The van der Waals surface area contributed by atoms with Crippen LogP contribution in [0.25, 0.3) is 17.2 Å². The lowest BCUT2D eigenvalue weighted by atomic mass is 10.0. The standard InChI is InChI=1S/C30H35N3O2/c1-35-29-12-6-5-11-28(29)33-23-21-32(22-24-33)20-8-7-19-31-30(34)18-15-25-13-16-27(17-14-25)26-9-3-2-4-10-26/h2-6,9-18H,7-8,19-24H2,1H3,(H,31,34)/b18-15+. The number of amides is 1. The highest BCUT2D eigenvalue weighted by Gasteiger charge is 2.18. The van der Waals surface area contributed by atoms with Crippen molar-refractivity contribution in [2.24, 2.45) is 0 Å². The van der Waals surface area contributed by atoms with Crippen LogP contribution < -0.4 is 15.0 Å². The van der Waals surface area contributed by atoms with E-state index in [1.165, 1.54) is 16.8 Å². The van der Waals surface area contributed by atoms with Gasteiger partial charge in [0.05, 0.1) is 12.8 Å². The predicted octanol–water partition coefficient (Wildman–Crippen LogP) is 5.09. The molecule has 1 saturated heterocycles. The first-order chi connectivity index (χ1) is 17.2. The van der Waals surface area contributed by atoms with Gasteiger partial charge in [-0.2, -0.15) is 0 Å². The maximum atomic E-state index is 12.2. The number of carbonyl (C=O) groups excluding carboxylic acids is 1. The van der Waals surface area contributed by atoms with Crippen molar-refractivity contribution in [3.8, 4) is 16.9 Å². The molecule has 35 heavy (non-hydrogen) atoms. The average molecular weight is 470 g/mol. The Morgan fingerprint density at radius 2 is 1.54 bits per heavy atom. The van der Waals surface area contributed by atoms with Crippen molar-refractivity contribution < 1.29 is 9.53 Å². The number of piperazine rings is 1. The third-order valence-corrected chi connectivity index (χ3v) is 6.44. The van der Waals surface area contributed by atoms with Gasteiger partial charge in [0.25, 0.3) is 0 Å². The molecule has 0 saturated carbocycles. The van der Waals surface area contributed by atoms with E-state index in [2.05, 4.69) is 51.5 Å². The maximum absolute atomic E-state index is 12.2. The van der Waals surface area contributed by atoms with Gasteiger partial charge in [0.15, 0.2) is 0 Å². The van der Waals surface area contributed by atoms with Crippen molar-refractivity contribution in [2.75, 3.05) is 51.3 Å². The quantitative estimate of drug-likeness (QED) is 0.332. The van der Waals surface area contributed by atoms with E-state index in [0.717, 1.165) is 56.9 Å². The molecule has 0 aliphatic carbocycles. The van der Waals surface area contributed by atoms with Gasteiger partial charge in [0.2, 0.25) is 5.91 Å². The number of nitrogens with one attached hydrogen (secondary N) is 1. The molecule has 0 radical (unpaired) electrons. The Hall–Kier alpha value is -3.57. The molecular formula is C30H35N3O2. The van der Waals surface area contributed by atoms with E-state index >= 15 is 0 Å². The number of methoxy groups -OCH3 is 1. The summed E-state index contributed by atoms with van der Waals surface area (Å²) in [7, 11) is 1.73. The SMILES string of the molecule is COc1ccccc1N1CCN(CCCCNC(=O)/C=C/c2ccc(-c3ccccc3)cc2)CC1. The van der Waals surface area contributed by atoms with E-state index in [0.29, 0.717) is 6.54 Å². The highest BCUT2D eigenvalue weighted by Crippen LogP contribution is 2.28. The lowest BCUT2D eigenvalue weighted by molar-refractivity contribution is -0.116. The van der Waals surface area contributed by atoms with Crippen LogP contribution in [-0.4, -0.2) is 57.2 Å². The fourth-order valence-corrected chi connectivity index (χ4v) is 4.42. The minimum Gasteiger partial charge on any atom is -0.495 e. The Balaban J connectivity index is 1.11. The lowest BCUT2D eigenvalue weighted by Gasteiger charge is -2.36. The number of ether oxygens (including phenoxy) is 1. The second kappa shape index (κ2) is 12.8. The van der Waals surface area contributed by atoms with Crippen molar-refractivity contribution in [1.82, 2.24) is 10.2 Å². The molecule has 1 aliphatic rings. The zero-order valence-corrected chi connectivity index (χ0v) is 20.5. The first kappa shape index (κ1) is 24.6. The molecular weight excluding hydrogens is 434 g/mol. The van der Waals surface area contributed by atoms with Gasteiger partial charge in [-0.25, -0.2) is 0 Å². The molecule has 1 amide bonds. The fraction of sp³-hybridized carbons (Fsp3) is 0.300. The highest BCUT2D eigenvalue weighted by molar-refractivity contribution is 5.91. The molecule has 5 nitrogen and oxygen atoms in total. The Morgan fingerprint density at radius 1 is 0.857 bits per heavy atom. The van der Waals surface area contributed by atoms with E-state index in [4.69, 9.17) is 4.74 Å². The van der Waals surface area contributed by atoms with Crippen molar-refractivity contribution in [1.29, 1.82) is 0 Å². The summed E-state index contributed by atoms with van der Waals surface area (Å²) < 4.78 is 5.51. The molecule has 3 aromatic rings. The number of hydrogen-bond acceptors (Lipinski definition) is 4. The van der Waals surface area contributed by atoms with E-state index in [9.17, 15) is 4.79 Å². The van der Waals surface area contributed by atoms with Crippen molar-refractivity contribution in [2.45, 2.75) is 12.8 Å². The van der Waals surface area contributed by atoms with Crippen molar-refractivity contribution in [3.63, 3.8) is 0 Å². The largest absolute Gasteiger partial charge is 0.495 e. The average Bonchev–Trinajstić information content (AvgIpc) is 2.93. The lowest BCUT2D eigenvalue weighted by Crippen LogP contribution is -2.46. The topological polar surface area (TPSA) is 44.8 Å². The molecule has 1 heterocycles. The molecule has 5 heteroatoms. The first-order valence-corrected chi connectivity index (χ1v) is 12.4. The zero-order chi connectivity index (χ0) is 24.3. The summed E-state index contributed by atoms with van der Waals surface area (Å²) in [5, 5.41) is 3.00. The number of hydrogen-bond donors (Lipinski definition) is 1. The molecule has 3 aromatic carbocycles. The number of rotatable bonds is 10. The molecule has 4 rings (SSSR count). The van der Waals surface area contributed by atoms with Crippen LogP contribution in [0.4, 0.5) is 5.69 Å². The molecule has 0 aromatic heterocycles. The van der Waals surface area contributed by atoms with Gasteiger partial charge in [0, 0.05) is 38.8 Å². The smallest absolute Gasteiger partial charge is 0.243 e. The van der Waals surface area contributed by atoms with Gasteiger partial charge >= 0.3 is 0 Å². The number of anilines is 1. The second-order valence-corrected chi connectivity index (χ2v) is 8.82. The Morgan fingerprint density at radius 3 is 2.29 bits per heavy atom. The third-order valence-electron chi connectivity index (χ3n) is 6.44. The number of carbonyl (C=O) groups is 1. The van der Waals surface area contributed by atoms with Crippen LogP contribution in [0.15, 0.2) is 84.9 Å². The van der Waals surface area contributed by atoms with Gasteiger partial charge in [0.1, 0.15) is 5.75 Å². The van der Waals surface area contributed by atoms with Gasteiger partial charge in [-0.05, 0) is 54.3 Å². The summed E-state index contributed by atoms with van der Waals surface area (Å²) in [6.07, 6.45) is 5.55. The molecule has 0 bridgehead atoms. The summed E-state index contributed by atoms with van der Waals surface area (Å²) >= 11 is 0. The number of benzene rings is 3. The summed E-state index contributed by atoms with van der Waals surface area (Å²) in [6.45, 7) is 5.89. The van der Waals surface area contributed by atoms with Crippen LogP contribution in [0.2, 0.25) is 0 Å². The van der Waals surface area contributed by atoms with Gasteiger partial charge in [-0.1, -0.05) is 66.7 Å². The molecule has 1 aliphatic heterocycles. The minimum absolute atomic E-state index is 0.0393. The van der Waals surface area contributed by atoms with Crippen LogP contribution >= 0.6 is 0 Å². The highest BCUT2D eigenvalue weighted by atomic mass is 16.5. The van der Waals surface area contributed by atoms with E-state index in [-0.39, 0.29) is 5.91 Å². The van der Waals surface area contributed by atoms with Crippen LogP contribution in [0.5, 0.6) is 5.75 Å². The number of unbranched alkanes of at least 4 members (excludes halogenated alkanes) is 1. The maximum Gasteiger partial charge on any atom is 0.243 e. The van der Waals surface area contributed by atoms with Gasteiger partial charge in [-0.15, -0.1) is 0 Å². The molecule has 0 spiro atoms. The molecule has 182 valence electrons. The predicted molar refractivity (Wildman–Crippen MR) is 145 cm³/mol. The van der Waals surface area contributed by atoms with E-state index in [1.54, 1.807) is 13.2 Å². The Kier molecular flexibility index (Phi) is 8.96. The molecule has 1 N–H and O–H groups in total. The molecule has 0 unspecified atom stereocenters. The van der Waals surface area contributed by atoms with E-state index < -0.39 is 0 Å². The second-order valence-electron chi connectivity index (χ2n) is 8.82. The first-order valence-electron chi connectivity index (χ1n) is 12.4.